The van der Waals surface area contributed by atoms with Gasteiger partial charge in [0.2, 0.25) is 5.91 Å². The highest BCUT2D eigenvalue weighted by atomic mass is 32.1. The quantitative estimate of drug-likeness (QED) is 0.414. The molecule has 1 fully saturated rings. The van der Waals surface area contributed by atoms with Gasteiger partial charge in [0.25, 0.3) is 0 Å². The molecule has 5 rings (SSSR count). The van der Waals surface area contributed by atoms with Crippen LogP contribution in [0.4, 0.5) is 5.13 Å². The number of benzene rings is 2. The molecule has 0 saturated carbocycles. The Balaban J connectivity index is 1.30. The van der Waals surface area contributed by atoms with E-state index in [0.29, 0.717) is 13.1 Å². The first-order valence-corrected chi connectivity index (χ1v) is 12.5. The smallest absolute Gasteiger partial charge is 0.225 e. The summed E-state index contributed by atoms with van der Waals surface area (Å²) in [4.78, 5) is 20.1. The number of hydrogen-bond donors (Lipinski definition) is 1. The number of fused-ring (bicyclic) bond motifs is 1. The van der Waals surface area contributed by atoms with Crippen LogP contribution in [0.1, 0.15) is 24.1 Å². The van der Waals surface area contributed by atoms with Crippen LogP contribution in [-0.2, 0) is 11.3 Å². The Morgan fingerprint density at radius 3 is 2.71 bits per heavy atom. The van der Waals surface area contributed by atoms with E-state index >= 15 is 0 Å². The maximum absolute atomic E-state index is 13.0. The Hall–Kier alpha value is -3.59. The first kappa shape index (κ1) is 23.2. The number of aromatic nitrogens is 3. The summed E-state index contributed by atoms with van der Waals surface area (Å²) in [6, 6.07) is 15.6. The minimum absolute atomic E-state index is 0.0689. The van der Waals surface area contributed by atoms with Gasteiger partial charge < -0.3 is 19.7 Å². The Morgan fingerprint density at radius 2 is 1.94 bits per heavy atom. The van der Waals surface area contributed by atoms with Crippen LogP contribution in [-0.4, -0.2) is 48.0 Å². The van der Waals surface area contributed by atoms with Crippen LogP contribution in [0.25, 0.3) is 16.0 Å². The van der Waals surface area contributed by atoms with Gasteiger partial charge >= 0.3 is 0 Å². The second kappa shape index (κ2) is 9.95. The van der Waals surface area contributed by atoms with Gasteiger partial charge in [-0.05, 0) is 61.7 Å². The summed E-state index contributed by atoms with van der Waals surface area (Å²) >= 11 is 1.64. The number of ether oxygens (including phenoxy) is 2. The fraction of sp³-hybridized carbons (Fsp3) is 0.346. The van der Waals surface area contributed by atoms with Crippen LogP contribution in [0.3, 0.4) is 0 Å². The predicted molar refractivity (Wildman–Crippen MR) is 138 cm³/mol. The number of amides is 1. The zero-order valence-electron chi connectivity index (χ0n) is 20.2. The van der Waals surface area contributed by atoms with Crippen molar-refractivity contribution in [2.24, 2.45) is 5.92 Å². The van der Waals surface area contributed by atoms with Gasteiger partial charge in [-0.2, -0.15) is 10.1 Å². The number of anilines is 1. The summed E-state index contributed by atoms with van der Waals surface area (Å²) < 4.78 is 13.5. The van der Waals surface area contributed by atoms with Gasteiger partial charge in [-0.25, -0.2) is 4.68 Å². The molecule has 35 heavy (non-hydrogen) atoms. The van der Waals surface area contributed by atoms with E-state index in [2.05, 4.69) is 10.2 Å². The van der Waals surface area contributed by atoms with E-state index in [4.69, 9.17) is 19.6 Å². The number of carbonyl (C=O) groups excluding carboxylic acids is 1. The maximum atomic E-state index is 13.0. The number of nitrogens with zero attached hydrogens (tertiary/aromatic N) is 4. The standard InChI is InChI=1S/C26H29N5O3S/c1-17-23-24(31(29-17)20-9-11-21(33-2)12-10-20)28-26(35-23)30-13-5-7-19(16-30)25(32)27-15-18-6-4-8-22(14-18)34-3/h4,6,8-12,14,19H,5,7,13,15-16H2,1-3H3,(H,27,32). The van der Waals surface area contributed by atoms with Gasteiger partial charge in [0.1, 0.15) is 11.5 Å². The van der Waals surface area contributed by atoms with Crippen LogP contribution >= 0.6 is 11.3 Å². The molecule has 0 bridgehead atoms. The lowest BCUT2D eigenvalue weighted by Gasteiger charge is -2.31. The van der Waals surface area contributed by atoms with Gasteiger partial charge in [0.15, 0.2) is 10.8 Å². The first-order valence-electron chi connectivity index (χ1n) is 11.7. The molecule has 1 aliphatic heterocycles. The third kappa shape index (κ3) is 4.81. The number of rotatable bonds is 7. The van der Waals surface area contributed by atoms with E-state index in [1.807, 2.05) is 60.1 Å². The Kier molecular flexibility index (Phi) is 6.59. The van der Waals surface area contributed by atoms with E-state index in [0.717, 1.165) is 63.3 Å². The molecule has 1 saturated heterocycles. The molecule has 1 atom stereocenters. The van der Waals surface area contributed by atoms with Crippen molar-refractivity contribution in [2.75, 3.05) is 32.2 Å². The molecule has 1 N–H and O–H groups in total. The Labute approximate surface area is 208 Å². The lowest BCUT2D eigenvalue weighted by atomic mass is 9.97. The van der Waals surface area contributed by atoms with Crippen molar-refractivity contribution >= 4 is 32.7 Å². The van der Waals surface area contributed by atoms with E-state index in [1.54, 1.807) is 25.6 Å². The monoisotopic (exact) mass is 491 g/mol. The maximum Gasteiger partial charge on any atom is 0.225 e. The highest BCUT2D eigenvalue weighted by Crippen LogP contribution is 2.34. The predicted octanol–water partition coefficient (Wildman–Crippen LogP) is 4.34. The first-order chi connectivity index (χ1) is 17.1. The minimum atomic E-state index is -0.0689. The van der Waals surface area contributed by atoms with Crippen LogP contribution in [0.15, 0.2) is 48.5 Å². The normalized spacial score (nSPS) is 15.9. The topological polar surface area (TPSA) is 81.5 Å². The molecule has 1 unspecified atom stereocenters. The average molecular weight is 492 g/mol. The molecule has 1 aliphatic rings. The summed E-state index contributed by atoms with van der Waals surface area (Å²) in [5.74, 6) is 1.61. The van der Waals surface area contributed by atoms with Crippen LogP contribution in [0.2, 0.25) is 0 Å². The lowest BCUT2D eigenvalue weighted by Crippen LogP contribution is -2.43. The number of hydrogen-bond acceptors (Lipinski definition) is 7. The number of piperidine rings is 1. The summed E-state index contributed by atoms with van der Waals surface area (Å²) in [7, 11) is 3.30. The number of nitrogens with one attached hydrogen (secondary N) is 1. The summed E-state index contributed by atoms with van der Waals surface area (Å²) in [6.07, 6.45) is 1.83. The van der Waals surface area contributed by atoms with Crippen molar-refractivity contribution in [3.63, 3.8) is 0 Å². The fourth-order valence-corrected chi connectivity index (χ4v) is 5.46. The number of methoxy groups -OCH3 is 2. The van der Waals surface area contributed by atoms with Crippen molar-refractivity contribution in [1.29, 1.82) is 0 Å². The largest absolute Gasteiger partial charge is 0.497 e. The lowest BCUT2D eigenvalue weighted by molar-refractivity contribution is -0.125. The molecule has 8 nitrogen and oxygen atoms in total. The van der Waals surface area contributed by atoms with Gasteiger partial charge in [-0.15, -0.1) is 0 Å². The third-order valence-corrected chi connectivity index (χ3v) is 7.57. The Morgan fingerprint density at radius 1 is 1.14 bits per heavy atom. The molecular formula is C26H29N5O3S. The summed E-state index contributed by atoms with van der Waals surface area (Å²) in [5.41, 5.74) is 3.76. The molecular weight excluding hydrogens is 462 g/mol. The second-order valence-corrected chi connectivity index (χ2v) is 9.68. The van der Waals surface area contributed by atoms with Crippen molar-refractivity contribution in [1.82, 2.24) is 20.1 Å². The van der Waals surface area contributed by atoms with Crippen molar-refractivity contribution in [3.8, 4) is 17.2 Å². The molecule has 9 heteroatoms. The fourth-order valence-electron chi connectivity index (χ4n) is 4.44. The number of aryl methyl sites for hydroxylation is 1. The van der Waals surface area contributed by atoms with Crippen LogP contribution < -0.4 is 19.7 Å². The van der Waals surface area contributed by atoms with Gasteiger partial charge in [0.05, 0.1) is 36.2 Å². The molecule has 3 heterocycles. The van der Waals surface area contributed by atoms with E-state index < -0.39 is 0 Å². The summed E-state index contributed by atoms with van der Waals surface area (Å²) in [5, 5.41) is 8.74. The molecule has 1 amide bonds. The van der Waals surface area contributed by atoms with Crippen molar-refractivity contribution < 1.29 is 14.3 Å². The molecule has 2 aromatic heterocycles. The molecule has 0 radical (unpaired) electrons. The van der Waals surface area contributed by atoms with Crippen molar-refractivity contribution in [3.05, 3.63) is 59.8 Å². The molecule has 0 aliphatic carbocycles. The molecule has 182 valence electrons. The van der Waals surface area contributed by atoms with Gasteiger partial charge in [0, 0.05) is 19.6 Å². The highest BCUT2D eigenvalue weighted by molar-refractivity contribution is 7.22. The SMILES string of the molecule is COc1ccc(-n2nc(C)c3sc(N4CCCC(C(=O)NCc5cccc(OC)c5)C4)nc32)cc1. The molecule has 0 spiro atoms. The third-order valence-electron chi connectivity index (χ3n) is 6.36. The van der Waals surface area contributed by atoms with Gasteiger partial charge in [-0.3, -0.25) is 4.79 Å². The van der Waals surface area contributed by atoms with Crippen molar-refractivity contribution in [2.45, 2.75) is 26.3 Å². The zero-order valence-corrected chi connectivity index (χ0v) is 21.0. The number of thiazole rings is 1. The second-order valence-electron chi connectivity index (χ2n) is 8.70. The van der Waals surface area contributed by atoms with E-state index in [9.17, 15) is 4.79 Å². The van der Waals surface area contributed by atoms with E-state index in [1.165, 1.54) is 0 Å². The Bertz CT molecular complexity index is 1330. The highest BCUT2D eigenvalue weighted by Gasteiger charge is 2.28. The zero-order chi connectivity index (χ0) is 24.4. The van der Waals surface area contributed by atoms with Crippen LogP contribution in [0, 0.1) is 12.8 Å². The average Bonchev–Trinajstić information content (AvgIpc) is 3.48. The summed E-state index contributed by atoms with van der Waals surface area (Å²) in [6.45, 7) is 4.06. The minimum Gasteiger partial charge on any atom is -0.497 e. The molecule has 4 aromatic rings. The van der Waals surface area contributed by atoms with E-state index in [-0.39, 0.29) is 11.8 Å². The van der Waals surface area contributed by atoms with Gasteiger partial charge in [-0.1, -0.05) is 23.5 Å². The number of carbonyl (C=O) groups is 1. The molecule has 2 aromatic carbocycles. The van der Waals surface area contributed by atoms with Crippen LogP contribution in [0.5, 0.6) is 11.5 Å².